The highest BCUT2D eigenvalue weighted by Gasteiger charge is 2.54. The fourth-order valence-corrected chi connectivity index (χ4v) is 7.12. The molecule has 0 saturated heterocycles. The first kappa shape index (κ1) is 19.1. The van der Waals surface area contributed by atoms with Crippen molar-refractivity contribution >= 4 is 16.9 Å². The van der Waals surface area contributed by atoms with E-state index in [4.69, 9.17) is 4.98 Å². The number of amides is 1. The lowest BCUT2D eigenvalue weighted by molar-refractivity contribution is -0.146. The number of nitrogens with one attached hydrogen (secondary N) is 1. The highest BCUT2D eigenvalue weighted by Crippen LogP contribution is 2.60. The van der Waals surface area contributed by atoms with Gasteiger partial charge in [0.2, 0.25) is 5.91 Å². The van der Waals surface area contributed by atoms with Crippen LogP contribution in [0.3, 0.4) is 0 Å². The van der Waals surface area contributed by atoms with E-state index in [-0.39, 0.29) is 5.41 Å². The summed E-state index contributed by atoms with van der Waals surface area (Å²) in [6, 6.07) is 18.9. The quantitative estimate of drug-likeness (QED) is 0.621. The monoisotopic (exact) mass is 413 g/mol. The summed E-state index contributed by atoms with van der Waals surface area (Å²) in [6.45, 7) is 1.47. The molecule has 4 aliphatic carbocycles. The number of benzene rings is 2. The van der Waals surface area contributed by atoms with Crippen molar-refractivity contribution in [3.63, 3.8) is 0 Å². The molecule has 1 heterocycles. The summed E-state index contributed by atoms with van der Waals surface area (Å²) >= 11 is 0. The molecule has 4 saturated carbocycles. The van der Waals surface area contributed by atoms with Crippen LogP contribution in [0.1, 0.15) is 49.9 Å². The summed E-state index contributed by atoms with van der Waals surface area (Å²) in [7, 11) is 0. The van der Waals surface area contributed by atoms with E-state index in [1.807, 2.05) is 6.07 Å². The molecule has 0 unspecified atom stereocenters. The lowest BCUT2D eigenvalue weighted by Gasteiger charge is -2.55. The van der Waals surface area contributed by atoms with Gasteiger partial charge in [-0.3, -0.25) is 4.79 Å². The topological polar surface area (TPSA) is 46.9 Å². The Labute approximate surface area is 184 Å². The fraction of sp³-hybridized carbons (Fsp3) is 0.481. The molecule has 2 aromatic carbocycles. The Morgan fingerprint density at radius 2 is 1.58 bits per heavy atom. The van der Waals surface area contributed by atoms with E-state index in [0.717, 1.165) is 66.8 Å². The Morgan fingerprint density at radius 3 is 2.29 bits per heavy atom. The highest BCUT2D eigenvalue weighted by atomic mass is 16.2. The second-order valence-electron chi connectivity index (χ2n) is 10.3. The predicted octanol–water partition coefficient (Wildman–Crippen LogP) is 4.96. The average Bonchev–Trinajstić information content (AvgIpc) is 3.11. The average molecular weight is 414 g/mol. The molecule has 4 heteroatoms. The molecule has 1 amide bonds. The molecule has 1 aromatic heterocycles. The van der Waals surface area contributed by atoms with E-state index in [9.17, 15) is 4.79 Å². The van der Waals surface area contributed by atoms with Gasteiger partial charge in [-0.05, 0) is 74.0 Å². The van der Waals surface area contributed by atoms with E-state index in [2.05, 4.69) is 58.4 Å². The zero-order valence-corrected chi connectivity index (χ0v) is 18.1. The molecule has 0 aliphatic heterocycles. The summed E-state index contributed by atoms with van der Waals surface area (Å²) < 4.78 is 2.31. The number of para-hydroxylation sites is 2. The maximum atomic E-state index is 13.3. The molecule has 4 nitrogen and oxygen atoms in total. The molecular weight excluding hydrogens is 382 g/mol. The molecule has 4 bridgehead atoms. The summed E-state index contributed by atoms with van der Waals surface area (Å²) in [5.41, 5.74) is 3.39. The first-order valence-electron chi connectivity index (χ1n) is 11.9. The SMILES string of the molecule is O=C(NCCc1nc2ccccc2n1Cc1ccccc1)C12CC3CC(CC(C3)C1)C2. The van der Waals surface area contributed by atoms with Crippen LogP contribution in [0.2, 0.25) is 0 Å². The zero-order chi connectivity index (χ0) is 20.8. The van der Waals surface area contributed by atoms with Gasteiger partial charge in [-0.15, -0.1) is 0 Å². The van der Waals surface area contributed by atoms with E-state index < -0.39 is 0 Å². The molecular formula is C27H31N3O. The largest absolute Gasteiger partial charge is 0.355 e. The Bertz CT molecular complexity index is 1060. The van der Waals surface area contributed by atoms with Crippen molar-refractivity contribution in [2.24, 2.45) is 23.2 Å². The molecule has 0 spiro atoms. The van der Waals surface area contributed by atoms with Crippen molar-refractivity contribution in [3.05, 3.63) is 66.0 Å². The molecule has 1 N–H and O–H groups in total. The Hall–Kier alpha value is -2.62. The van der Waals surface area contributed by atoms with Crippen LogP contribution in [-0.2, 0) is 17.8 Å². The van der Waals surface area contributed by atoms with Crippen molar-refractivity contribution in [3.8, 4) is 0 Å². The minimum Gasteiger partial charge on any atom is -0.355 e. The lowest BCUT2D eigenvalue weighted by atomic mass is 9.49. The van der Waals surface area contributed by atoms with Crippen molar-refractivity contribution in [1.82, 2.24) is 14.9 Å². The highest BCUT2D eigenvalue weighted by molar-refractivity contribution is 5.83. The molecule has 0 atom stereocenters. The number of nitrogens with zero attached hydrogens (tertiary/aromatic N) is 2. The van der Waals surface area contributed by atoms with E-state index in [1.165, 1.54) is 24.8 Å². The molecule has 31 heavy (non-hydrogen) atoms. The Morgan fingerprint density at radius 1 is 0.935 bits per heavy atom. The number of carbonyl (C=O) groups excluding carboxylic acids is 1. The van der Waals surface area contributed by atoms with E-state index in [0.29, 0.717) is 12.5 Å². The van der Waals surface area contributed by atoms with E-state index in [1.54, 1.807) is 0 Å². The van der Waals surface area contributed by atoms with Crippen molar-refractivity contribution in [2.75, 3.05) is 6.54 Å². The van der Waals surface area contributed by atoms with Gasteiger partial charge in [0, 0.05) is 24.9 Å². The minimum atomic E-state index is -0.0705. The van der Waals surface area contributed by atoms with Crippen LogP contribution in [0.25, 0.3) is 11.0 Å². The normalized spacial score (nSPS) is 28.8. The Balaban J connectivity index is 1.18. The van der Waals surface area contributed by atoms with Gasteiger partial charge >= 0.3 is 0 Å². The number of imidazole rings is 1. The fourth-order valence-electron chi connectivity index (χ4n) is 7.12. The first-order valence-corrected chi connectivity index (χ1v) is 11.9. The van der Waals surface area contributed by atoms with Crippen molar-refractivity contribution < 1.29 is 4.79 Å². The molecule has 7 rings (SSSR count). The van der Waals surface area contributed by atoms with Gasteiger partial charge in [0.25, 0.3) is 0 Å². The molecule has 4 fully saturated rings. The number of fused-ring (bicyclic) bond motifs is 1. The smallest absolute Gasteiger partial charge is 0.226 e. The van der Waals surface area contributed by atoms with Gasteiger partial charge in [-0.25, -0.2) is 4.98 Å². The van der Waals surface area contributed by atoms with Crippen LogP contribution < -0.4 is 5.32 Å². The van der Waals surface area contributed by atoms with Crippen LogP contribution >= 0.6 is 0 Å². The number of hydrogen-bond donors (Lipinski definition) is 1. The molecule has 160 valence electrons. The predicted molar refractivity (Wildman–Crippen MR) is 123 cm³/mol. The second kappa shape index (κ2) is 7.51. The van der Waals surface area contributed by atoms with Crippen LogP contribution in [0.4, 0.5) is 0 Å². The van der Waals surface area contributed by atoms with Gasteiger partial charge in [0.1, 0.15) is 5.82 Å². The van der Waals surface area contributed by atoms with Gasteiger partial charge < -0.3 is 9.88 Å². The second-order valence-corrected chi connectivity index (χ2v) is 10.3. The summed E-state index contributed by atoms with van der Waals surface area (Å²) in [6.07, 6.45) is 8.24. The Kier molecular flexibility index (Phi) is 4.62. The molecule has 4 aliphatic rings. The third kappa shape index (κ3) is 3.46. The van der Waals surface area contributed by atoms with Gasteiger partial charge in [-0.1, -0.05) is 42.5 Å². The van der Waals surface area contributed by atoms with Crippen LogP contribution in [0, 0.1) is 23.2 Å². The summed E-state index contributed by atoms with van der Waals surface area (Å²) in [4.78, 5) is 18.2. The van der Waals surface area contributed by atoms with Crippen molar-refractivity contribution in [2.45, 2.75) is 51.5 Å². The number of aromatic nitrogens is 2. The van der Waals surface area contributed by atoms with Crippen molar-refractivity contribution in [1.29, 1.82) is 0 Å². The third-order valence-electron chi connectivity index (χ3n) is 8.07. The third-order valence-corrected chi connectivity index (χ3v) is 8.07. The van der Waals surface area contributed by atoms with Crippen LogP contribution in [0.15, 0.2) is 54.6 Å². The van der Waals surface area contributed by atoms with Gasteiger partial charge in [0.05, 0.1) is 11.0 Å². The van der Waals surface area contributed by atoms with Crippen LogP contribution in [-0.4, -0.2) is 22.0 Å². The standard InChI is InChI=1S/C27H31N3O/c31-26(27-15-20-12-21(16-27)14-22(13-20)17-27)28-11-10-25-29-23-8-4-5-9-24(23)30(25)18-19-6-2-1-3-7-19/h1-9,20-22H,10-18H2,(H,28,31). The number of hydrogen-bond acceptors (Lipinski definition) is 2. The first-order chi connectivity index (χ1) is 15.2. The zero-order valence-electron chi connectivity index (χ0n) is 18.1. The van der Waals surface area contributed by atoms with Crippen LogP contribution in [0.5, 0.6) is 0 Å². The maximum Gasteiger partial charge on any atom is 0.226 e. The lowest BCUT2D eigenvalue weighted by Crippen LogP contribution is -2.53. The minimum absolute atomic E-state index is 0.0705. The number of carbonyl (C=O) groups is 1. The molecule has 0 radical (unpaired) electrons. The summed E-state index contributed by atoms with van der Waals surface area (Å²) in [5.74, 6) is 3.76. The van der Waals surface area contributed by atoms with E-state index >= 15 is 0 Å². The van der Waals surface area contributed by atoms with Gasteiger partial charge in [0.15, 0.2) is 0 Å². The summed E-state index contributed by atoms with van der Waals surface area (Å²) in [5, 5.41) is 3.33. The maximum absolute atomic E-state index is 13.3. The molecule has 3 aromatic rings. The number of rotatable bonds is 6. The van der Waals surface area contributed by atoms with Gasteiger partial charge in [-0.2, -0.15) is 0 Å².